The predicted molar refractivity (Wildman–Crippen MR) is 105 cm³/mol. The quantitative estimate of drug-likeness (QED) is 0.827. The molecule has 1 amide bonds. The molecule has 2 unspecified atom stereocenters. The molecule has 5 heteroatoms. The first kappa shape index (κ1) is 19.1. The monoisotopic (exact) mass is 366 g/mol. The number of fused-ring (bicyclic) bond motifs is 1. The van der Waals surface area contributed by atoms with Crippen LogP contribution in [-0.2, 0) is 16.0 Å². The molecule has 27 heavy (non-hydrogen) atoms. The Hall–Kier alpha value is -2.66. The molecule has 0 fully saturated rings. The summed E-state index contributed by atoms with van der Waals surface area (Å²) in [6.45, 7) is 4.16. The summed E-state index contributed by atoms with van der Waals surface area (Å²) >= 11 is 0. The number of nitrogens with one attached hydrogen (secondary N) is 1. The number of rotatable bonds is 5. The van der Waals surface area contributed by atoms with Gasteiger partial charge in [0.05, 0.1) is 11.6 Å². The minimum Gasteiger partial charge on any atom is -0.445 e. The Bertz CT molecular complexity index is 845. The van der Waals surface area contributed by atoms with E-state index in [0.29, 0.717) is 18.5 Å². The zero-order chi connectivity index (χ0) is 19.6. The summed E-state index contributed by atoms with van der Waals surface area (Å²) in [6.07, 6.45) is 0.373. The third-order valence-electron chi connectivity index (χ3n) is 5.10. The maximum atomic E-state index is 12.9. The molecule has 1 N–H and O–H groups in total. The first-order chi connectivity index (χ1) is 12.8. The van der Waals surface area contributed by atoms with Crippen LogP contribution in [0.4, 0.5) is 0 Å². The summed E-state index contributed by atoms with van der Waals surface area (Å²) in [5, 5.41) is 2.98. The zero-order valence-electron chi connectivity index (χ0n) is 16.3. The van der Waals surface area contributed by atoms with Crippen molar-refractivity contribution in [1.29, 1.82) is 0 Å². The number of amides is 1. The molecule has 2 aromatic carbocycles. The van der Waals surface area contributed by atoms with Gasteiger partial charge in [0, 0.05) is 13.0 Å². The highest BCUT2D eigenvalue weighted by Crippen LogP contribution is 2.28. The van der Waals surface area contributed by atoms with Crippen molar-refractivity contribution in [2.75, 3.05) is 20.6 Å². The van der Waals surface area contributed by atoms with E-state index in [9.17, 15) is 9.59 Å². The van der Waals surface area contributed by atoms with Crippen LogP contribution >= 0.6 is 0 Å². The predicted octanol–water partition coefficient (Wildman–Crippen LogP) is 2.89. The Balaban J connectivity index is 1.72. The van der Waals surface area contributed by atoms with Crippen molar-refractivity contribution in [2.24, 2.45) is 0 Å². The Morgan fingerprint density at radius 3 is 2.52 bits per heavy atom. The van der Waals surface area contributed by atoms with E-state index in [2.05, 4.69) is 34.5 Å². The molecule has 0 saturated carbocycles. The van der Waals surface area contributed by atoms with E-state index in [0.717, 1.165) is 11.1 Å². The minimum atomic E-state index is -1.20. The van der Waals surface area contributed by atoms with E-state index in [1.54, 1.807) is 19.1 Å². The topological polar surface area (TPSA) is 58.6 Å². The maximum absolute atomic E-state index is 12.9. The fourth-order valence-electron chi connectivity index (χ4n) is 3.42. The van der Waals surface area contributed by atoms with Crippen LogP contribution in [0.5, 0.6) is 0 Å². The number of ether oxygens (including phenoxy) is 1. The highest BCUT2D eigenvalue weighted by atomic mass is 16.6. The number of aryl methyl sites for hydroxylation is 1. The average molecular weight is 366 g/mol. The molecule has 0 bridgehead atoms. The molecule has 142 valence electrons. The van der Waals surface area contributed by atoms with Gasteiger partial charge >= 0.3 is 5.97 Å². The molecule has 5 nitrogen and oxygen atoms in total. The summed E-state index contributed by atoms with van der Waals surface area (Å²) in [7, 11) is 3.96. The molecule has 0 spiro atoms. The van der Waals surface area contributed by atoms with Crippen molar-refractivity contribution in [3.63, 3.8) is 0 Å². The fraction of sp³-hybridized carbons (Fsp3) is 0.364. The first-order valence-corrected chi connectivity index (χ1v) is 9.13. The second-order valence-electron chi connectivity index (χ2n) is 7.55. The molecule has 0 aliphatic carbocycles. The number of esters is 1. The zero-order valence-corrected chi connectivity index (χ0v) is 16.3. The van der Waals surface area contributed by atoms with Crippen LogP contribution in [0.3, 0.4) is 0 Å². The highest BCUT2D eigenvalue weighted by molar-refractivity contribution is 5.97. The second-order valence-corrected chi connectivity index (χ2v) is 7.55. The van der Waals surface area contributed by atoms with E-state index in [1.165, 1.54) is 5.56 Å². The molecule has 0 aromatic heterocycles. The third kappa shape index (κ3) is 4.03. The van der Waals surface area contributed by atoms with Gasteiger partial charge in [0.2, 0.25) is 0 Å². The molecule has 2 aromatic rings. The lowest BCUT2D eigenvalue weighted by Crippen LogP contribution is -2.52. The van der Waals surface area contributed by atoms with Crippen molar-refractivity contribution in [3.8, 4) is 0 Å². The van der Waals surface area contributed by atoms with Gasteiger partial charge in [0.15, 0.2) is 5.60 Å². The average Bonchev–Trinajstić information content (AvgIpc) is 2.63. The number of hydrogen-bond acceptors (Lipinski definition) is 4. The van der Waals surface area contributed by atoms with E-state index in [4.69, 9.17) is 4.74 Å². The molecule has 1 aliphatic heterocycles. The Labute approximate surface area is 160 Å². The summed E-state index contributed by atoms with van der Waals surface area (Å²) < 4.78 is 5.51. The fourth-order valence-corrected chi connectivity index (χ4v) is 3.42. The number of benzene rings is 2. The number of likely N-dealkylation sites (N-methyl/N-ethyl adjacent to an activating group) is 1. The standard InChI is InChI=1S/C22H26N2O3/c1-15-9-11-16(12-10-15)19(24(3)4)14-23-21(26)22(2)13-17-7-5-6-8-18(17)20(25)27-22/h5-12,19H,13-14H2,1-4H3,(H,23,26). The van der Waals surface area contributed by atoms with Gasteiger partial charge in [-0.1, -0.05) is 48.0 Å². The molecular weight excluding hydrogens is 340 g/mol. The number of nitrogens with zero attached hydrogens (tertiary/aromatic N) is 1. The smallest absolute Gasteiger partial charge is 0.339 e. The largest absolute Gasteiger partial charge is 0.445 e. The van der Waals surface area contributed by atoms with E-state index in [1.807, 2.05) is 33.2 Å². The number of carbonyl (C=O) groups is 2. The Kier molecular flexibility index (Phi) is 5.33. The molecule has 3 rings (SSSR count). The van der Waals surface area contributed by atoms with Crippen LogP contribution < -0.4 is 5.32 Å². The van der Waals surface area contributed by atoms with Crippen LogP contribution in [0.25, 0.3) is 0 Å². The number of hydrogen-bond donors (Lipinski definition) is 1. The van der Waals surface area contributed by atoms with Crippen LogP contribution in [0.2, 0.25) is 0 Å². The van der Waals surface area contributed by atoms with E-state index < -0.39 is 11.6 Å². The van der Waals surface area contributed by atoms with Gasteiger partial charge in [-0.15, -0.1) is 0 Å². The van der Waals surface area contributed by atoms with E-state index >= 15 is 0 Å². The Morgan fingerprint density at radius 2 is 1.85 bits per heavy atom. The maximum Gasteiger partial charge on any atom is 0.339 e. The van der Waals surface area contributed by atoms with Gasteiger partial charge in [-0.25, -0.2) is 4.79 Å². The van der Waals surface area contributed by atoms with Crippen molar-refractivity contribution < 1.29 is 14.3 Å². The lowest BCUT2D eigenvalue weighted by Gasteiger charge is -2.34. The molecule has 0 saturated heterocycles. The molecule has 0 radical (unpaired) electrons. The Morgan fingerprint density at radius 1 is 1.19 bits per heavy atom. The minimum absolute atomic E-state index is 0.0322. The van der Waals surface area contributed by atoms with Gasteiger partial charge in [0.1, 0.15) is 0 Å². The van der Waals surface area contributed by atoms with Crippen LogP contribution in [0.15, 0.2) is 48.5 Å². The van der Waals surface area contributed by atoms with Gasteiger partial charge in [-0.3, -0.25) is 4.79 Å². The molecule has 1 heterocycles. The lowest BCUT2D eigenvalue weighted by molar-refractivity contribution is -0.140. The third-order valence-corrected chi connectivity index (χ3v) is 5.10. The normalized spacial score (nSPS) is 20.0. The van der Waals surface area contributed by atoms with Crippen molar-refractivity contribution >= 4 is 11.9 Å². The first-order valence-electron chi connectivity index (χ1n) is 9.13. The van der Waals surface area contributed by atoms with Gasteiger partial charge in [-0.2, -0.15) is 0 Å². The summed E-state index contributed by atoms with van der Waals surface area (Å²) in [5.74, 6) is -0.721. The second kappa shape index (κ2) is 7.53. The SMILES string of the molecule is Cc1ccc(C(CNC(=O)C2(C)Cc3ccccc3C(=O)O2)N(C)C)cc1. The molecule has 1 aliphatic rings. The number of cyclic esters (lactones) is 1. The molecular formula is C22H26N2O3. The highest BCUT2D eigenvalue weighted by Gasteiger charge is 2.42. The van der Waals surface area contributed by atoms with Crippen molar-refractivity contribution in [1.82, 2.24) is 10.2 Å². The van der Waals surface area contributed by atoms with Crippen LogP contribution in [0, 0.1) is 6.92 Å². The van der Waals surface area contributed by atoms with Crippen molar-refractivity contribution in [2.45, 2.75) is 31.9 Å². The summed E-state index contributed by atoms with van der Waals surface area (Å²) in [5.41, 5.74) is 2.50. The van der Waals surface area contributed by atoms with Gasteiger partial charge in [-0.05, 0) is 45.1 Å². The molecule has 2 atom stereocenters. The van der Waals surface area contributed by atoms with Crippen LogP contribution in [-0.4, -0.2) is 43.0 Å². The van der Waals surface area contributed by atoms with Gasteiger partial charge < -0.3 is 15.0 Å². The summed E-state index contributed by atoms with van der Waals surface area (Å²) in [4.78, 5) is 27.2. The van der Waals surface area contributed by atoms with Crippen LogP contribution in [0.1, 0.15) is 40.0 Å². The summed E-state index contributed by atoms with van der Waals surface area (Å²) in [6, 6.07) is 15.6. The van der Waals surface area contributed by atoms with Gasteiger partial charge in [0.25, 0.3) is 5.91 Å². The lowest BCUT2D eigenvalue weighted by atomic mass is 9.89. The van der Waals surface area contributed by atoms with Crippen molar-refractivity contribution in [3.05, 3.63) is 70.8 Å². The van der Waals surface area contributed by atoms with E-state index in [-0.39, 0.29) is 11.9 Å². The number of carbonyl (C=O) groups excluding carboxylic acids is 2.